The van der Waals surface area contributed by atoms with Crippen molar-refractivity contribution < 1.29 is 9.84 Å². The molecule has 1 aromatic heterocycles. The molecular formula is C10H14IN3O3. The predicted octanol–water partition coefficient (Wildman–Crippen LogP) is 0.473. The van der Waals surface area contributed by atoms with Gasteiger partial charge in [0.25, 0.3) is 5.56 Å². The molecule has 0 aromatic carbocycles. The van der Waals surface area contributed by atoms with Gasteiger partial charge in [0.05, 0.1) is 6.61 Å². The molecule has 1 saturated heterocycles. The first-order valence-electron chi connectivity index (χ1n) is 5.44. The minimum Gasteiger partial charge on any atom is -0.492 e. The molecule has 1 aliphatic heterocycles. The fourth-order valence-electron chi connectivity index (χ4n) is 1.77. The number of H-pyrrole nitrogens is 1. The number of morpholine rings is 1. The van der Waals surface area contributed by atoms with E-state index < -0.39 is 0 Å². The quantitative estimate of drug-likeness (QED) is 0.758. The highest BCUT2D eigenvalue weighted by atomic mass is 127. The van der Waals surface area contributed by atoms with Crippen molar-refractivity contribution in [1.29, 1.82) is 0 Å². The Morgan fingerprint density at radius 1 is 1.71 bits per heavy atom. The van der Waals surface area contributed by atoms with Gasteiger partial charge in [0.1, 0.15) is 15.5 Å². The maximum absolute atomic E-state index is 11.5. The van der Waals surface area contributed by atoms with Crippen LogP contribution in [0, 0.1) is 3.57 Å². The second kappa shape index (κ2) is 5.32. The molecule has 6 nitrogen and oxygen atoms in total. The third kappa shape index (κ3) is 2.78. The molecule has 0 radical (unpaired) electrons. The van der Waals surface area contributed by atoms with Crippen molar-refractivity contribution >= 4 is 22.6 Å². The van der Waals surface area contributed by atoms with Crippen LogP contribution in [0.2, 0.25) is 0 Å². The van der Waals surface area contributed by atoms with E-state index in [0.717, 1.165) is 13.1 Å². The summed E-state index contributed by atoms with van der Waals surface area (Å²) in [6.07, 6.45) is -0.278. The summed E-state index contributed by atoms with van der Waals surface area (Å²) < 4.78 is 5.76. The first kappa shape index (κ1) is 12.8. The van der Waals surface area contributed by atoms with Gasteiger partial charge in [-0.25, -0.2) is 0 Å². The van der Waals surface area contributed by atoms with E-state index in [0.29, 0.717) is 19.0 Å². The minimum absolute atomic E-state index is 0.203. The summed E-state index contributed by atoms with van der Waals surface area (Å²) in [6, 6.07) is 0. The zero-order valence-electron chi connectivity index (χ0n) is 9.44. The topological polar surface area (TPSA) is 78.5 Å². The third-order valence-electron chi connectivity index (χ3n) is 2.77. The van der Waals surface area contributed by atoms with Crippen molar-refractivity contribution in [2.45, 2.75) is 13.0 Å². The normalized spacial score (nSPS) is 21.6. The summed E-state index contributed by atoms with van der Waals surface area (Å²) in [5.41, 5.74) is -0.328. The molecular weight excluding hydrogens is 337 g/mol. The van der Waals surface area contributed by atoms with Gasteiger partial charge in [0.2, 0.25) is 5.88 Å². The summed E-state index contributed by atoms with van der Waals surface area (Å²) in [4.78, 5) is 20.3. The molecule has 7 heteroatoms. The molecule has 1 aromatic rings. The van der Waals surface area contributed by atoms with E-state index in [9.17, 15) is 9.90 Å². The summed E-state index contributed by atoms with van der Waals surface area (Å²) in [5.74, 6) is 0.160. The standard InChI is InChI=1S/C10H14IN3O3/c1-2-14-3-4-17-6(5-14)8-12-9(15)7(11)10(16)13-8/h6H,2-5H2,1H3,(H2,12,13,15,16). The highest BCUT2D eigenvalue weighted by molar-refractivity contribution is 14.1. The van der Waals surface area contributed by atoms with E-state index in [1.807, 2.05) is 0 Å². The maximum atomic E-state index is 11.5. The van der Waals surface area contributed by atoms with Gasteiger partial charge < -0.3 is 14.8 Å². The number of aromatic hydroxyl groups is 1. The summed E-state index contributed by atoms with van der Waals surface area (Å²) >= 11 is 1.76. The van der Waals surface area contributed by atoms with Crippen LogP contribution in [0.1, 0.15) is 18.9 Å². The van der Waals surface area contributed by atoms with E-state index in [-0.39, 0.29) is 21.1 Å². The Bertz CT molecular complexity index is 463. The molecule has 0 aliphatic carbocycles. The number of rotatable bonds is 2. The van der Waals surface area contributed by atoms with E-state index in [4.69, 9.17) is 4.74 Å². The van der Waals surface area contributed by atoms with Crippen molar-refractivity contribution in [3.8, 4) is 5.88 Å². The molecule has 1 fully saturated rings. The van der Waals surface area contributed by atoms with Crippen LogP contribution in [0.3, 0.4) is 0 Å². The van der Waals surface area contributed by atoms with Crippen LogP contribution in [-0.4, -0.2) is 46.2 Å². The number of hydrogen-bond acceptors (Lipinski definition) is 5. The molecule has 17 heavy (non-hydrogen) atoms. The molecule has 2 N–H and O–H groups in total. The molecule has 0 spiro atoms. The van der Waals surface area contributed by atoms with Crippen LogP contribution in [0.25, 0.3) is 0 Å². The molecule has 0 saturated carbocycles. The average molecular weight is 351 g/mol. The number of hydrogen-bond donors (Lipinski definition) is 2. The Labute approximate surface area is 112 Å². The molecule has 0 bridgehead atoms. The lowest BCUT2D eigenvalue weighted by Gasteiger charge is -2.31. The highest BCUT2D eigenvalue weighted by Gasteiger charge is 2.24. The van der Waals surface area contributed by atoms with E-state index in [1.54, 1.807) is 22.6 Å². The van der Waals surface area contributed by atoms with Crippen LogP contribution in [0.4, 0.5) is 0 Å². The molecule has 0 amide bonds. The van der Waals surface area contributed by atoms with Crippen molar-refractivity contribution in [2.75, 3.05) is 26.2 Å². The van der Waals surface area contributed by atoms with Crippen LogP contribution in [-0.2, 0) is 4.74 Å². The second-order valence-electron chi connectivity index (χ2n) is 3.84. The van der Waals surface area contributed by atoms with Gasteiger partial charge in [-0.05, 0) is 29.1 Å². The fraction of sp³-hybridized carbons (Fsp3) is 0.600. The molecule has 1 aliphatic rings. The van der Waals surface area contributed by atoms with Gasteiger partial charge in [-0.1, -0.05) is 6.92 Å². The second-order valence-corrected chi connectivity index (χ2v) is 4.92. The van der Waals surface area contributed by atoms with Gasteiger partial charge >= 0.3 is 0 Å². The smallest absolute Gasteiger partial charge is 0.268 e. The Morgan fingerprint density at radius 2 is 2.47 bits per heavy atom. The summed E-state index contributed by atoms with van der Waals surface area (Å²) in [6.45, 7) is 5.17. The Balaban J connectivity index is 2.25. The summed E-state index contributed by atoms with van der Waals surface area (Å²) in [7, 11) is 0. The first-order valence-corrected chi connectivity index (χ1v) is 6.52. The van der Waals surface area contributed by atoms with Crippen LogP contribution < -0.4 is 5.56 Å². The van der Waals surface area contributed by atoms with Crippen molar-refractivity contribution in [2.24, 2.45) is 0 Å². The van der Waals surface area contributed by atoms with Crippen molar-refractivity contribution in [3.63, 3.8) is 0 Å². The van der Waals surface area contributed by atoms with Crippen LogP contribution in [0.15, 0.2) is 4.79 Å². The van der Waals surface area contributed by atoms with Crippen molar-refractivity contribution in [1.82, 2.24) is 14.9 Å². The maximum Gasteiger partial charge on any atom is 0.268 e. The van der Waals surface area contributed by atoms with Gasteiger partial charge in [-0.15, -0.1) is 0 Å². The number of nitrogens with one attached hydrogen (secondary N) is 1. The van der Waals surface area contributed by atoms with Gasteiger partial charge in [0, 0.05) is 13.1 Å². The number of nitrogens with zero attached hydrogens (tertiary/aromatic N) is 2. The number of aromatic amines is 1. The van der Waals surface area contributed by atoms with Gasteiger partial charge in [-0.2, -0.15) is 4.98 Å². The Kier molecular flexibility index (Phi) is 4.00. The first-order chi connectivity index (χ1) is 8.11. The number of likely N-dealkylation sites (N-methyl/N-ethyl adjacent to an activating group) is 1. The molecule has 1 unspecified atom stereocenters. The highest BCUT2D eigenvalue weighted by Crippen LogP contribution is 2.20. The van der Waals surface area contributed by atoms with Gasteiger partial charge in [-0.3, -0.25) is 9.69 Å². The van der Waals surface area contributed by atoms with E-state index >= 15 is 0 Å². The molecule has 2 rings (SSSR count). The molecule has 1 atom stereocenters. The Morgan fingerprint density at radius 3 is 3.12 bits per heavy atom. The van der Waals surface area contributed by atoms with Crippen LogP contribution in [0.5, 0.6) is 5.88 Å². The SMILES string of the molecule is CCN1CCOC(c2nc(O)c(I)c(=O)[nH]2)C1. The van der Waals surface area contributed by atoms with Gasteiger partial charge in [0.15, 0.2) is 0 Å². The lowest BCUT2D eigenvalue weighted by atomic mass is 10.2. The molecule has 94 valence electrons. The number of halogens is 1. The van der Waals surface area contributed by atoms with E-state index in [2.05, 4.69) is 21.8 Å². The number of aromatic nitrogens is 2. The minimum atomic E-state index is -0.328. The lowest BCUT2D eigenvalue weighted by Crippen LogP contribution is -2.39. The van der Waals surface area contributed by atoms with Crippen molar-refractivity contribution in [3.05, 3.63) is 19.7 Å². The number of ether oxygens (including phenoxy) is 1. The van der Waals surface area contributed by atoms with Crippen LogP contribution >= 0.6 is 22.6 Å². The summed E-state index contributed by atoms with van der Waals surface area (Å²) in [5, 5.41) is 9.53. The average Bonchev–Trinajstić information content (AvgIpc) is 2.35. The predicted molar refractivity (Wildman–Crippen MR) is 70.0 cm³/mol. The zero-order valence-corrected chi connectivity index (χ0v) is 11.6. The lowest BCUT2D eigenvalue weighted by molar-refractivity contribution is -0.0329. The fourth-order valence-corrected chi connectivity index (χ4v) is 2.03. The monoisotopic (exact) mass is 351 g/mol. The third-order valence-corrected chi connectivity index (χ3v) is 3.74. The van der Waals surface area contributed by atoms with E-state index in [1.165, 1.54) is 0 Å². The molecule has 2 heterocycles. The Hall–Kier alpha value is -0.670. The zero-order chi connectivity index (χ0) is 12.4. The largest absolute Gasteiger partial charge is 0.492 e.